The fraction of sp³-hybridized carbons (Fsp3) is 0.286. The molecule has 0 radical (unpaired) electrons. The van der Waals surface area contributed by atoms with E-state index in [4.69, 9.17) is 4.98 Å². The summed E-state index contributed by atoms with van der Waals surface area (Å²) in [5, 5.41) is 0. The average Bonchev–Trinajstić information content (AvgIpc) is 3.27. The van der Waals surface area contributed by atoms with Crippen LogP contribution in [0.1, 0.15) is 40.8 Å². The Hall–Kier alpha value is -3.15. The second-order valence-corrected chi connectivity index (χ2v) is 7.20. The van der Waals surface area contributed by atoms with E-state index in [0.29, 0.717) is 12.2 Å². The number of nitrogens with zero attached hydrogens (tertiary/aromatic N) is 4. The van der Waals surface area contributed by atoms with E-state index in [1.807, 2.05) is 64.9 Å². The number of likely N-dealkylation sites (tertiary alicyclic amines) is 1. The summed E-state index contributed by atoms with van der Waals surface area (Å²) >= 11 is 0. The van der Waals surface area contributed by atoms with Gasteiger partial charge in [0, 0.05) is 25.2 Å². The summed E-state index contributed by atoms with van der Waals surface area (Å²) in [5.41, 5.74) is 4.28. The third-order valence-corrected chi connectivity index (χ3v) is 5.41. The van der Waals surface area contributed by atoms with Crippen LogP contribution in [0.5, 0.6) is 0 Å². The highest BCUT2D eigenvalue weighted by molar-refractivity contribution is 5.94. The van der Waals surface area contributed by atoms with Crippen molar-refractivity contribution in [1.82, 2.24) is 24.3 Å². The molecule has 1 aliphatic heterocycles. The van der Waals surface area contributed by atoms with Gasteiger partial charge in [-0.2, -0.15) is 0 Å². The van der Waals surface area contributed by atoms with Gasteiger partial charge in [-0.1, -0.05) is 18.2 Å². The molecule has 0 bridgehead atoms. The highest BCUT2D eigenvalue weighted by Crippen LogP contribution is 2.28. The lowest BCUT2D eigenvalue weighted by Gasteiger charge is -2.31. The maximum Gasteiger partial charge on any atom is 0.272 e. The Bertz CT molecular complexity index is 1110. The van der Waals surface area contributed by atoms with Gasteiger partial charge in [-0.25, -0.2) is 9.97 Å². The lowest BCUT2D eigenvalue weighted by atomic mass is 9.97. The van der Waals surface area contributed by atoms with Gasteiger partial charge >= 0.3 is 0 Å². The molecule has 5 rings (SSSR count). The Balaban J connectivity index is 1.45. The maximum atomic E-state index is 13.3. The molecule has 1 aromatic carbocycles. The van der Waals surface area contributed by atoms with E-state index in [2.05, 4.69) is 9.97 Å². The van der Waals surface area contributed by atoms with E-state index in [9.17, 15) is 4.79 Å². The van der Waals surface area contributed by atoms with Crippen LogP contribution in [0.3, 0.4) is 0 Å². The number of aromatic amines is 1. The molecule has 0 spiro atoms. The van der Waals surface area contributed by atoms with E-state index < -0.39 is 0 Å². The van der Waals surface area contributed by atoms with Crippen LogP contribution in [-0.2, 0) is 0 Å². The summed E-state index contributed by atoms with van der Waals surface area (Å²) in [6.45, 7) is 3.36. The minimum absolute atomic E-state index is 0.0482. The SMILES string of the molecule is Cc1nc2ccccn2c1C(=O)N1CCC[C@H](c2nc3ccccc3[nH]2)C1. The van der Waals surface area contributed by atoms with E-state index in [-0.39, 0.29) is 11.8 Å². The first kappa shape index (κ1) is 16.1. The Morgan fingerprint density at radius 3 is 2.89 bits per heavy atom. The molecule has 1 aliphatic rings. The molecule has 4 aromatic rings. The van der Waals surface area contributed by atoms with Crippen LogP contribution in [-0.4, -0.2) is 43.2 Å². The summed E-state index contributed by atoms with van der Waals surface area (Å²) in [6, 6.07) is 13.9. The van der Waals surface area contributed by atoms with Crippen LogP contribution in [0.4, 0.5) is 0 Å². The largest absolute Gasteiger partial charge is 0.342 e. The highest BCUT2D eigenvalue weighted by Gasteiger charge is 2.29. The monoisotopic (exact) mass is 359 g/mol. The van der Waals surface area contributed by atoms with E-state index >= 15 is 0 Å². The Labute approximate surface area is 156 Å². The number of hydrogen-bond acceptors (Lipinski definition) is 3. The number of H-pyrrole nitrogens is 1. The van der Waals surface area contributed by atoms with Crippen molar-refractivity contribution in [2.75, 3.05) is 13.1 Å². The normalized spacial score (nSPS) is 17.7. The predicted octanol–water partition coefficient (Wildman–Crippen LogP) is 3.54. The number of fused-ring (bicyclic) bond motifs is 2. The second kappa shape index (κ2) is 6.23. The van der Waals surface area contributed by atoms with Gasteiger partial charge < -0.3 is 9.88 Å². The lowest BCUT2D eigenvalue weighted by molar-refractivity contribution is 0.0697. The first-order valence-corrected chi connectivity index (χ1v) is 9.38. The molecule has 27 heavy (non-hydrogen) atoms. The summed E-state index contributed by atoms with van der Waals surface area (Å²) in [6.07, 6.45) is 3.92. The smallest absolute Gasteiger partial charge is 0.272 e. The van der Waals surface area contributed by atoms with Crippen molar-refractivity contribution in [3.05, 3.63) is 65.9 Å². The molecule has 136 valence electrons. The van der Waals surface area contributed by atoms with Crippen LogP contribution >= 0.6 is 0 Å². The molecule has 6 nitrogen and oxygen atoms in total. The molecule has 1 saturated heterocycles. The first-order valence-electron chi connectivity index (χ1n) is 9.38. The summed E-state index contributed by atoms with van der Waals surface area (Å²) in [5.74, 6) is 1.25. The van der Waals surface area contributed by atoms with Gasteiger partial charge in [0.15, 0.2) is 0 Å². The number of nitrogens with one attached hydrogen (secondary N) is 1. The molecule has 6 heteroatoms. The van der Waals surface area contributed by atoms with Gasteiger partial charge in [0.25, 0.3) is 5.91 Å². The zero-order chi connectivity index (χ0) is 18.4. The average molecular weight is 359 g/mol. The third-order valence-electron chi connectivity index (χ3n) is 5.41. The molecular weight excluding hydrogens is 338 g/mol. The molecule has 1 N–H and O–H groups in total. The Morgan fingerprint density at radius 1 is 1.15 bits per heavy atom. The zero-order valence-corrected chi connectivity index (χ0v) is 15.2. The van der Waals surface area contributed by atoms with E-state index in [0.717, 1.165) is 47.6 Å². The van der Waals surface area contributed by atoms with Gasteiger partial charge in [0.2, 0.25) is 0 Å². The van der Waals surface area contributed by atoms with Crippen molar-refractivity contribution in [2.45, 2.75) is 25.7 Å². The molecule has 1 fully saturated rings. The second-order valence-electron chi connectivity index (χ2n) is 7.20. The molecule has 1 amide bonds. The van der Waals surface area contributed by atoms with Gasteiger partial charge in [-0.05, 0) is 44.0 Å². The van der Waals surface area contributed by atoms with Gasteiger partial charge in [-0.3, -0.25) is 9.20 Å². The fourth-order valence-corrected chi connectivity index (χ4v) is 4.07. The third kappa shape index (κ3) is 2.68. The van der Waals surface area contributed by atoms with Gasteiger partial charge in [0.1, 0.15) is 17.2 Å². The topological polar surface area (TPSA) is 66.3 Å². The number of rotatable bonds is 2. The lowest BCUT2D eigenvalue weighted by Crippen LogP contribution is -2.40. The summed E-state index contributed by atoms with van der Waals surface area (Å²) in [7, 11) is 0. The molecule has 4 heterocycles. The van der Waals surface area contributed by atoms with Gasteiger partial charge in [0.05, 0.1) is 16.7 Å². The predicted molar refractivity (Wildman–Crippen MR) is 104 cm³/mol. The van der Waals surface area contributed by atoms with Crippen LogP contribution in [0, 0.1) is 6.92 Å². The molecule has 3 aromatic heterocycles. The number of benzene rings is 1. The van der Waals surface area contributed by atoms with Crippen LogP contribution in [0.25, 0.3) is 16.7 Å². The number of piperidine rings is 1. The number of pyridine rings is 1. The quantitative estimate of drug-likeness (QED) is 0.595. The number of aromatic nitrogens is 4. The molecular formula is C21H21N5O. The highest BCUT2D eigenvalue weighted by atomic mass is 16.2. The first-order chi connectivity index (χ1) is 13.2. The summed E-state index contributed by atoms with van der Waals surface area (Å²) < 4.78 is 1.89. The van der Waals surface area contributed by atoms with Crippen molar-refractivity contribution in [2.24, 2.45) is 0 Å². The van der Waals surface area contributed by atoms with Crippen molar-refractivity contribution >= 4 is 22.6 Å². The van der Waals surface area contributed by atoms with Crippen LogP contribution in [0.15, 0.2) is 48.7 Å². The number of carbonyl (C=O) groups is 1. The number of amides is 1. The number of imidazole rings is 2. The summed E-state index contributed by atoms with van der Waals surface area (Å²) in [4.78, 5) is 27.9. The fourth-order valence-electron chi connectivity index (χ4n) is 4.07. The molecule has 1 atom stereocenters. The van der Waals surface area contributed by atoms with E-state index in [1.165, 1.54) is 0 Å². The van der Waals surface area contributed by atoms with Crippen LogP contribution < -0.4 is 0 Å². The zero-order valence-electron chi connectivity index (χ0n) is 15.2. The number of aryl methyl sites for hydroxylation is 1. The Kier molecular flexibility index (Phi) is 3.70. The van der Waals surface area contributed by atoms with Gasteiger partial charge in [-0.15, -0.1) is 0 Å². The molecule has 0 unspecified atom stereocenters. The minimum Gasteiger partial charge on any atom is -0.342 e. The minimum atomic E-state index is 0.0482. The number of para-hydroxylation sites is 2. The molecule has 0 aliphatic carbocycles. The van der Waals surface area contributed by atoms with Crippen LogP contribution in [0.2, 0.25) is 0 Å². The van der Waals surface area contributed by atoms with Crippen molar-refractivity contribution in [3.8, 4) is 0 Å². The maximum absolute atomic E-state index is 13.3. The Morgan fingerprint density at radius 2 is 2.00 bits per heavy atom. The molecule has 0 saturated carbocycles. The standard InChI is InChI=1S/C21H21N5O/c1-14-19(26-12-5-4-10-18(26)22-14)21(27)25-11-6-7-15(13-25)20-23-16-8-2-3-9-17(16)24-20/h2-5,8-10,12,15H,6-7,11,13H2,1H3,(H,23,24)/t15-/m0/s1. The van der Waals surface area contributed by atoms with Crippen molar-refractivity contribution < 1.29 is 4.79 Å². The van der Waals surface area contributed by atoms with Crippen molar-refractivity contribution in [1.29, 1.82) is 0 Å². The van der Waals surface area contributed by atoms with Crippen molar-refractivity contribution in [3.63, 3.8) is 0 Å². The number of carbonyl (C=O) groups excluding carboxylic acids is 1. The van der Waals surface area contributed by atoms with E-state index in [1.54, 1.807) is 0 Å². The number of hydrogen-bond donors (Lipinski definition) is 1.